The van der Waals surface area contributed by atoms with Crippen LogP contribution in [0.4, 0.5) is 4.79 Å². The largest absolute Gasteiger partial charge is 0.507 e. The highest BCUT2D eigenvalue weighted by atomic mass is 35.5. The Labute approximate surface area is 160 Å². The van der Waals surface area contributed by atoms with E-state index in [0.717, 1.165) is 11.3 Å². The number of nitrogens with zero attached hydrogens (tertiary/aromatic N) is 2. The normalized spacial score (nSPS) is 9.85. The van der Waals surface area contributed by atoms with Gasteiger partial charge in [-0.2, -0.15) is 5.10 Å². The van der Waals surface area contributed by atoms with Gasteiger partial charge in [-0.25, -0.2) is 9.48 Å². The summed E-state index contributed by atoms with van der Waals surface area (Å²) < 4.78 is 1.56. The smallest absolute Gasteiger partial charge is 0.311 e. The molecule has 140 valence electrons. The summed E-state index contributed by atoms with van der Waals surface area (Å²) in [6.45, 7) is 0. The van der Waals surface area contributed by atoms with Gasteiger partial charge in [0.1, 0.15) is 5.75 Å². The number of phenols is 1. The van der Waals surface area contributed by atoms with E-state index in [2.05, 4.69) is 16.1 Å². The fourth-order valence-corrected chi connectivity index (χ4v) is 2.30. The first-order valence-corrected chi connectivity index (χ1v) is 8.10. The van der Waals surface area contributed by atoms with E-state index in [4.69, 9.17) is 17.3 Å². The second kappa shape index (κ2) is 8.72. The van der Waals surface area contributed by atoms with Crippen LogP contribution >= 0.6 is 11.6 Å². The number of primary amides is 2. The summed E-state index contributed by atoms with van der Waals surface area (Å²) in [4.78, 5) is 20.6. The molecular weight excluding hydrogens is 370 g/mol. The molecule has 1 aromatic heterocycles. The van der Waals surface area contributed by atoms with Crippen molar-refractivity contribution < 1.29 is 14.7 Å². The molecule has 0 atom stereocenters. The zero-order chi connectivity index (χ0) is 20.0. The van der Waals surface area contributed by atoms with Crippen molar-refractivity contribution in [3.05, 3.63) is 65.4 Å². The van der Waals surface area contributed by atoms with Crippen LogP contribution in [0.2, 0.25) is 5.02 Å². The number of rotatable bonds is 3. The molecule has 0 radical (unpaired) electrons. The number of aromatic nitrogens is 2. The molecule has 27 heavy (non-hydrogen) atoms. The van der Waals surface area contributed by atoms with E-state index >= 15 is 0 Å². The van der Waals surface area contributed by atoms with E-state index < -0.39 is 11.9 Å². The highest BCUT2D eigenvalue weighted by Gasteiger charge is 2.08. The minimum atomic E-state index is -0.522. The van der Waals surface area contributed by atoms with Crippen LogP contribution in [0.25, 0.3) is 16.8 Å². The molecule has 0 spiro atoms. The van der Waals surface area contributed by atoms with Gasteiger partial charge in [0, 0.05) is 23.8 Å². The van der Waals surface area contributed by atoms with Crippen molar-refractivity contribution in [1.29, 1.82) is 0 Å². The minimum Gasteiger partial charge on any atom is -0.507 e. The van der Waals surface area contributed by atoms with Gasteiger partial charge in [-0.15, -0.1) is 0 Å². The van der Waals surface area contributed by atoms with E-state index in [0.29, 0.717) is 16.1 Å². The number of carbonyl (C=O) groups excluding carboxylic acids is 2. The summed E-state index contributed by atoms with van der Waals surface area (Å²) in [6.07, 6.45) is 2.98. The predicted octanol–water partition coefficient (Wildman–Crippen LogP) is 2.28. The van der Waals surface area contributed by atoms with E-state index in [1.165, 1.54) is 13.2 Å². The molecule has 0 bridgehead atoms. The van der Waals surface area contributed by atoms with Gasteiger partial charge < -0.3 is 21.9 Å². The van der Waals surface area contributed by atoms with Crippen molar-refractivity contribution in [3.63, 3.8) is 0 Å². The topological polar surface area (TPSA) is 136 Å². The summed E-state index contributed by atoms with van der Waals surface area (Å²) in [5.74, 6) is -0.362. The number of carbonyl (C=O) groups is 2. The number of amides is 3. The quantitative estimate of drug-likeness (QED) is 0.547. The monoisotopic (exact) mass is 387 g/mol. The van der Waals surface area contributed by atoms with Crippen molar-refractivity contribution in [2.24, 2.45) is 11.5 Å². The van der Waals surface area contributed by atoms with Crippen molar-refractivity contribution in [1.82, 2.24) is 15.1 Å². The van der Waals surface area contributed by atoms with Crippen LogP contribution < -0.4 is 16.8 Å². The average molecular weight is 388 g/mol. The number of urea groups is 1. The molecule has 8 nitrogen and oxygen atoms in total. The lowest BCUT2D eigenvalue weighted by Gasteiger charge is -2.07. The molecule has 3 rings (SSSR count). The van der Waals surface area contributed by atoms with Crippen LogP contribution in [-0.4, -0.2) is 33.9 Å². The number of hydrogen-bond donors (Lipinski definition) is 4. The number of phenolic OH excluding ortho intramolecular Hbond substituents is 1. The van der Waals surface area contributed by atoms with Crippen molar-refractivity contribution in [3.8, 4) is 22.6 Å². The summed E-state index contributed by atoms with van der Waals surface area (Å²) in [7, 11) is 1.47. The van der Waals surface area contributed by atoms with Crippen LogP contribution in [-0.2, 0) is 0 Å². The Bertz CT molecular complexity index is 954. The molecule has 3 amide bonds. The number of hydrogen-bond acceptors (Lipinski definition) is 4. The molecule has 1 heterocycles. The molecule has 6 N–H and O–H groups in total. The number of nitrogens with two attached hydrogens (primary N) is 2. The van der Waals surface area contributed by atoms with Crippen molar-refractivity contribution in [2.45, 2.75) is 0 Å². The van der Waals surface area contributed by atoms with E-state index in [9.17, 15) is 14.7 Å². The lowest BCUT2D eigenvalue weighted by atomic mass is 10.0. The molecule has 0 saturated carbocycles. The first-order valence-electron chi connectivity index (χ1n) is 7.72. The second-order valence-corrected chi connectivity index (χ2v) is 5.80. The summed E-state index contributed by atoms with van der Waals surface area (Å²) in [5.41, 5.74) is 12.3. The molecule has 0 aliphatic heterocycles. The highest BCUT2D eigenvalue weighted by molar-refractivity contribution is 6.31. The van der Waals surface area contributed by atoms with Gasteiger partial charge in [-0.05, 0) is 35.9 Å². The average Bonchev–Trinajstić information content (AvgIpc) is 3.15. The zero-order valence-corrected chi connectivity index (χ0v) is 15.1. The van der Waals surface area contributed by atoms with Crippen LogP contribution in [0.5, 0.6) is 5.75 Å². The Hall–Kier alpha value is -3.52. The third kappa shape index (κ3) is 5.23. The second-order valence-electron chi connectivity index (χ2n) is 5.36. The Morgan fingerprint density at radius 3 is 2.30 bits per heavy atom. The Morgan fingerprint density at radius 2 is 1.78 bits per heavy atom. The van der Waals surface area contributed by atoms with Crippen molar-refractivity contribution >= 4 is 23.5 Å². The number of aromatic hydroxyl groups is 1. The lowest BCUT2D eigenvalue weighted by molar-refractivity contribution is 0.1000. The summed E-state index contributed by atoms with van der Waals surface area (Å²) in [6, 6.07) is 11.7. The van der Waals surface area contributed by atoms with Gasteiger partial charge in [-0.3, -0.25) is 4.79 Å². The molecule has 0 unspecified atom stereocenters. The Kier molecular flexibility index (Phi) is 6.40. The SMILES string of the molecule is CNC(N)=O.NC(=O)c1cnn(-c2ccc(-c3cc(Cl)ccc3O)cc2)c1. The standard InChI is InChI=1S/C16H12ClN3O2.C2H6N2O/c17-12-3-6-15(21)14(7-12)10-1-4-13(5-2-10)20-9-11(8-19-20)16(18)22;1-4-2(3)5/h1-9,21H,(H2,18,22);1H3,(H3,3,4,5). The Balaban J connectivity index is 0.000000465. The molecular formula is C18H18ClN5O3. The summed E-state index contributed by atoms with van der Waals surface area (Å²) >= 11 is 5.96. The van der Waals surface area contributed by atoms with Gasteiger partial charge in [-0.1, -0.05) is 23.7 Å². The van der Waals surface area contributed by atoms with Gasteiger partial charge in [0.25, 0.3) is 5.91 Å². The first-order chi connectivity index (χ1) is 12.8. The third-order valence-electron chi connectivity index (χ3n) is 3.51. The highest BCUT2D eigenvalue weighted by Crippen LogP contribution is 2.32. The van der Waals surface area contributed by atoms with E-state index in [1.54, 1.807) is 29.1 Å². The minimum absolute atomic E-state index is 0.159. The molecule has 0 saturated heterocycles. The summed E-state index contributed by atoms with van der Waals surface area (Å²) in [5, 5.41) is 16.7. The molecule has 9 heteroatoms. The lowest BCUT2D eigenvalue weighted by Crippen LogP contribution is -2.24. The van der Waals surface area contributed by atoms with Crippen LogP contribution in [0.1, 0.15) is 10.4 Å². The molecule has 0 aliphatic carbocycles. The van der Waals surface area contributed by atoms with E-state index in [1.807, 2.05) is 24.3 Å². The number of halogens is 1. The maximum atomic E-state index is 11.1. The third-order valence-corrected chi connectivity index (χ3v) is 3.75. The molecule has 0 fully saturated rings. The molecule has 3 aromatic rings. The van der Waals surface area contributed by atoms with E-state index in [-0.39, 0.29) is 5.75 Å². The maximum absolute atomic E-state index is 11.1. The van der Waals surface area contributed by atoms with Crippen LogP contribution in [0.15, 0.2) is 54.9 Å². The van der Waals surface area contributed by atoms with Gasteiger partial charge in [0.2, 0.25) is 0 Å². The molecule has 2 aromatic carbocycles. The van der Waals surface area contributed by atoms with Crippen LogP contribution in [0, 0.1) is 0 Å². The zero-order valence-electron chi connectivity index (χ0n) is 14.4. The maximum Gasteiger partial charge on any atom is 0.311 e. The fraction of sp³-hybridized carbons (Fsp3) is 0.0556. The van der Waals surface area contributed by atoms with Crippen molar-refractivity contribution in [2.75, 3.05) is 7.05 Å². The number of nitrogens with one attached hydrogen (secondary N) is 1. The number of benzene rings is 2. The fourth-order valence-electron chi connectivity index (χ4n) is 2.12. The predicted molar refractivity (Wildman–Crippen MR) is 103 cm³/mol. The van der Waals surface area contributed by atoms with Crippen LogP contribution in [0.3, 0.4) is 0 Å². The van der Waals surface area contributed by atoms with Gasteiger partial charge in [0.05, 0.1) is 17.4 Å². The van der Waals surface area contributed by atoms with Gasteiger partial charge >= 0.3 is 6.03 Å². The first kappa shape index (κ1) is 19.8. The Morgan fingerprint density at radius 1 is 1.15 bits per heavy atom. The van der Waals surface area contributed by atoms with Gasteiger partial charge in [0.15, 0.2) is 0 Å². The molecule has 0 aliphatic rings.